The second-order valence-corrected chi connectivity index (χ2v) is 8.45. The van der Waals surface area contributed by atoms with E-state index < -0.39 is 23.6 Å². The lowest BCUT2D eigenvalue weighted by Gasteiger charge is -2.33. The van der Waals surface area contributed by atoms with Crippen molar-refractivity contribution in [1.29, 1.82) is 0 Å². The molecule has 0 heterocycles. The molecule has 2 amide bonds. The Kier molecular flexibility index (Phi) is 14.0. The van der Waals surface area contributed by atoms with Gasteiger partial charge in [-0.25, -0.2) is 0 Å². The van der Waals surface area contributed by atoms with Gasteiger partial charge in [0, 0.05) is 18.2 Å². The van der Waals surface area contributed by atoms with Gasteiger partial charge >= 0.3 is 6.18 Å². The monoisotopic (exact) mass is 526 g/mol. The van der Waals surface area contributed by atoms with E-state index in [9.17, 15) is 22.8 Å². The van der Waals surface area contributed by atoms with Crippen molar-refractivity contribution in [2.24, 2.45) is 0 Å². The van der Waals surface area contributed by atoms with Crippen LogP contribution < -0.4 is 16.2 Å². The molecule has 0 bridgehead atoms. The van der Waals surface area contributed by atoms with Crippen molar-refractivity contribution in [2.45, 2.75) is 60.2 Å². The molecule has 0 aliphatic heterocycles. The normalized spacial score (nSPS) is 10.8. The van der Waals surface area contributed by atoms with Gasteiger partial charge in [0.15, 0.2) is 0 Å². The summed E-state index contributed by atoms with van der Waals surface area (Å²) in [7, 11) is 0. The highest BCUT2D eigenvalue weighted by Crippen LogP contribution is 2.30. The molecule has 8 nitrogen and oxygen atoms in total. The number of likely N-dealkylation sites (N-methyl/N-ethyl adjacent to an activating group) is 1. The fourth-order valence-electron chi connectivity index (χ4n) is 2.92. The summed E-state index contributed by atoms with van der Waals surface area (Å²) < 4.78 is 38.2. The van der Waals surface area contributed by atoms with Crippen LogP contribution in [-0.4, -0.2) is 46.4 Å². The Hall–Kier alpha value is -3.60. The van der Waals surface area contributed by atoms with Crippen molar-refractivity contribution in [3.05, 3.63) is 59.7 Å². The molecule has 0 unspecified atom stereocenters. The summed E-state index contributed by atoms with van der Waals surface area (Å²) in [4.78, 5) is 35.7. The number of nitrogens with zero attached hydrogens (tertiary/aromatic N) is 1. The van der Waals surface area contributed by atoms with Crippen molar-refractivity contribution in [3.8, 4) is 0 Å². The fourth-order valence-corrected chi connectivity index (χ4v) is 2.92. The second kappa shape index (κ2) is 15.5. The van der Waals surface area contributed by atoms with Gasteiger partial charge in [0.2, 0.25) is 0 Å². The second-order valence-electron chi connectivity index (χ2n) is 8.45. The SMILES string of the molecule is CC.CC(=O)O.CCN(CC(=O)NNC(=O)c1ccccc1Nc1ccc(C(F)(F)F)cc1)C(C)(C)C. The number of hydrogen-bond donors (Lipinski definition) is 4. The minimum absolute atomic E-state index is 0.117. The zero-order chi connectivity index (χ0) is 28.8. The van der Waals surface area contributed by atoms with Crippen LogP contribution in [0.1, 0.15) is 64.4 Å². The van der Waals surface area contributed by atoms with Crippen LogP contribution in [0.15, 0.2) is 48.5 Å². The van der Waals surface area contributed by atoms with E-state index in [0.717, 1.165) is 19.1 Å². The number of carboxylic acids is 1. The molecule has 0 spiro atoms. The Labute approximate surface area is 216 Å². The number of halogens is 3. The zero-order valence-electron chi connectivity index (χ0n) is 22.3. The van der Waals surface area contributed by atoms with E-state index in [1.165, 1.54) is 12.1 Å². The maximum atomic E-state index is 12.7. The van der Waals surface area contributed by atoms with Gasteiger partial charge < -0.3 is 10.4 Å². The van der Waals surface area contributed by atoms with Gasteiger partial charge in [0.1, 0.15) is 0 Å². The van der Waals surface area contributed by atoms with Gasteiger partial charge in [0.25, 0.3) is 17.8 Å². The number of anilines is 2. The van der Waals surface area contributed by atoms with E-state index in [0.29, 0.717) is 17.9 Å². The van der Waals surface area contributed by atoms with E-state index in [1.54, 1.807) is 24.3 Å². The number of alkyl halides is 3. The first-order valence-corrected chi connectivity index (χ1v) is 11.7. The number of aliphatic carboxylic acids is 1. The molecule has 2 aromatic carbocycles. The summed E-state index contributed by atoms with van der Waals surface area (Å²) in [5.41, 5.74) is 4.83. The van der Waals surface area contributed by atoms with Crippen molar-refractivity contribution < 1.29 is 32.7 Å². The van der Waals surface area contributed by atoms with Crippen LogP contribution in [0.4, 0.5) is 24.5 Å². The summed E-state index contributed by atoms with van der Waals surface area (Å²) in [6, 6.07) is 11.0. The molecular formula is C26H37F3N4O4. The lowest BCUT2D eigenvalue weighted by molar-refractivity contribution is -0.137. The fraction of sp³-hybridized carbons (Fsp3) is 0.423. The van der Waals surface area contributed by atoms with Gasteiger partial charge in [-0.05, 0) is 63.7 Å². The summed E-state index contributed by atoms with van der Waals surface area (Å²) in [5.74, 6) is -1.75. The van der Waals surface area contributed by atoms with Crippen molar-refractivity contribution in [2.75, 3.05) is 18.4 Å². The number of benzene rings is 2. The molecule has 11 heteroatoms. The van der Waals surface area contributed by atoms with Crippen LogP contribution in [0.2, 0.25) is 0 Å². The summed E-state index contributed by atoms with van der Waals surface area (Å²) >= 11 is 0. The van der Waals surface area contributed by atoms with Crippen molar-refractivity contribution in [3.63, 3.8) is 0 Å². The minimum atomic E-state index is -4.42. The summed E-state index contributed by atoms with van der Waals surface area (Å²) in [5, 5.41) is 10.3. The number of amides is 2. The van der Waals surface area contributed by atoms with Crippen LogP contribution in [0.25, 0.3) is 0 Å². The Morgan fingerprint density at radius 2 is 1.43 bits per heavy atom. The first kappa shape index (κ1) is 33.4. The molecule has 0 atom stereocenters. The lowest BCUT2D eigenvalue weighted by Crippen LogP contribution is -2.50. The average molecular weight is 527 g/mol. The van der Waals surface area contributed by atoms with E-state index in [-0.39, 0.29) is 23.6 Å². The average Bonchev–Trinajstić information content (AvgIpc) is 2.81. The van der Waals surface area contributed by atoms with E-state index in [1.807, 2.05) is 46.4 Å². The van der Waals surface area contributed by atoms with E-state index >= 15 is 0 Å². The quantitative estimate of drug-likeness (QED) is 0.373. The molecule has 4 N–H and O–H groups in total. The third-order valence-corrected chi connectivity index (χ3v) is 4.64. The molecule has 0 saturated carbocycles. The maximum Gasteiger partial charge on any atom is 0.416 e. The highest BCUT2D eigenvalue weighted by Gasteiger charge is 2.30. The van der Waals surface area contributed by atoms with Crippen molar-refractivity contribution in [1.82, 2.24) is 15.8 Å². The predicted molar refractivity (Wildman–Crippen MR) is 138 cm³/mol. The molecule has 0 radical (unpaired) electrons. The molecule has 2 aromatic rings. The number of hydrogen-bond acceptors (Lipinski definition) is 5. The molecule has 0 aliphatic rings. The number of rotatable bonds is 6. The van der Waals surface area contributed by atoms with Crippen LogP contribution in [0, 0.1) is 0 Å². The van der Waals surface area contributed by atoms with Crippen LogP contribution in [0.5, 0.6) is 0 Å². The number of carbonyl (C=O) groups is 3. The van der Waals surface area contributed by atoms with Crippen LogP contribution >= 0.6 is 0 Å². The molecule has 206 valence electrons. The van der Waals surface area contributed by atoms with Gasteiger partial charge in [-0.15, -0.1) is 0 Å². The Morgan fingerprint density at radius 1 is 0.919 bits per heavy atom. The molecule has 37 heavy (non-hydrogen) atoms. The standard InChI is InChI=1S/C22H27F3N4O2.C2H4O2.C2H6/c1-5-29(21(2,3)4)14-19(30)27-28-20(31)17-8-6-7-9-18(17)26-16-12-10-15(11-13-16)22(23,24)25;1-2(3)4;1-2/h6-13,26H,5,14H2,1-4H3,(H,27,30)(H,28,31);1H3,(H,3,4);1-2H3. The highest BCUT2D eigenvalue weighted by atomic mass is 19.4. The largest absolute Gasteiger partial charge is 0.481 e. The van der Waals surface area contributed by atoms with Gasteiger partial charge in [0.05, 0.1) is 23.4 Å². The van der Waals surface area contributed by atoms with Crippen LogP contribution in [-0.2, 0) is 15.8 Å². The molecular weight excluding hydrogens is 489 g/mol. The van der Waals surface area contributed by atoms with Gasteiger partial charge in [-0.2, -0.15) is 13.2 Å². The maximum absolute atomic E-state index is 12.7. The third-order valence-electron chi connectivity index (χ3n) is 4.64. The summed E-state index contributed by atoms with van der Waals surface area (Å²) in [6.45, 7) is 13.8. The van der Waals surface area contributed by atoms with Crippen LogP contribution in [0.3, 0.4) is 0 Å². The zero-order valence-corrected chi connectivity index (χ0v) is 22.3. The first-order valence-electron chi connectivity index (χ1n) is 11.7. The Morgan fingerprint density at radius 3 is 1.89 bits per heavy atom. The van der Waals surface area contributed by atoms with Gasteiger partial charge in [-0.1, -0.05) is 32.9 Å². The van der Waals surface area contributed by atoms with E-state index in [2.05, 4.69) is 16.2 Å². The molecule has 2 rings (SSSR count). The highest BCUT2D eigenvalue weighted by molar-refractivity contribution is 6.01. The van der Waals surface area contributed by atoms with E-state index in [4.69, 9.17) is 9.90 Å². The predicted octanol–water partition coefficient (Wildman–Crippen LogP) is 5.45. The molecule has 0 aliphatic carbocycles. The number of para-hydroxylation sites is 1. The minimum Gasteiger partial charge on any atom is -0.481 e. The van der Waals surface area contributed by atoms with Gasteiger partial charge in [-0.3, -0.25) is 30.1 Å². The number of nitrogens with one attached hydrogen (secondary N) is 3. The third kappa shape index (κ3) is 12.8. The first-order chi connectivity index (χ1) is 17.1. The number of hydrazine groups is 1. The molecule has 0 fully saturated rings. The topological polar surface area (TPSA) is 111 Å². The lowest BCUT2D eigenvalue weighted by atomic mass is 10.1. The Balaban J connectivity index is 0.00000196. The smallest absolute Gasteiger partial charge is 0.416 e. The summed E-state index contributed by atoms with van der Waals surface area (Å²) in [6.07, 6.45) is -4.42. The number of carbonyl (C=O) groups excluding carboxylic acids is 2. The van der Waals surface area contributed by atoms with Crippen molar-refractivity contribution >= 4 is 29.2 Å². The molecule has 0 aromatic heterocycles. The Bertz CT molecular complexity index is 1000. The molecule has 0 saturated heterocycles. The number of carboxylic acid groups (broad SMARTS) is 1.